The van der Waals surface area contributed by atoms with Gasteiger partial charge in [-0.3, -0.25) is 0 Å². The van der Waals surface area contributed by atoms with Crippen LogP contribution in [0.3, 0.4) is 0 Å². The summed E-state index contributed by atoms with van der Waals surface area (Å²) in [5.41, 5.74) is 0. The van der Waals surface area contributed by atoms with E-state index in [9.17, 15) is 0 Å². The van der Waals surface area contributed by atoms with Crippen molar-refractivity contribution in [1.29, 1.82) is 0 Å². The SMILES string of the molecule is C/C=C\C.C=C/C=C\C(CC)CNC. The lowest BCUT2D eigenvalue weighted by Crippen LogP contribution is -2.16. The Morgan fingerprint density at radius 1 is 1.29 bits per heavy atom. The predicted molar refractivity (Wildman–Crippen MR) is 67.5 cm³/mol. The highest BCUT2D eigenvalue weighted by atomic mass is 14.8. The van der Waals surface area contributed by atoms with E-state index in [2.05, 4.69) is 24.9 Å². The highest BCUT2D eigenvalue weighted by Crippen LogP contribution is 2.01. The van der Waals surface area contributed by atoms with E-state index in [1.165, 1.54) is 6.42 Å². The normalized spacial score (nSPS) is 12.6. The van der Waals surface area contributed by atoms with E-state index in [0.29, 0.717) is 5.92 Å². The second-order valence-electron chi connectivity index (χ2n) is 3.01. The van der Waals surface area contributed by atoms with E-state index >= 15 is 0 Å². The quantitative estimate of drug-likeness (QED) is 0.522. The molecule has 0 saturated carbocycles. The molecule has 0 aromatic rings. The Morgan fingerprint density at radius 3 is 2.14 bits per heavy atom. The molecule has 0 fully saturated rings. The lowest BCUT2D eigenvalue weighted by molar-refractivity contribution is 0.581. The van der Waals surface area contributed by atoms with Crippen LogP contribution in [0, 0.1) is 5.92 Å². The molecule has 1 N–H and O–H groups in total. The number of rotatable bonds is 5. The number of allylic oxidation sites excluding steroid dienone is 4. The summed E-state index contributed by atoms with van der Waals surface area (Å²) in [7, 11) is 1.98. The Morgan fingerprint density at radius 2 is 1.86 bits per heavy atom. The number of hydrogen-bond donors (Lipinski definition) is 1. The standard InChI is InChI=1S/C9H17N.C4H8/c1-4-6-7-9(5-2)8-10-3;1-3-4-2/h4,6-7,9-10H,1,5,8H2,2-3H3;3-4H,1-2H3/b7-6-;4-3-. The van der Waals surface area contributed by atoms with Crippen molar-refractivity contribution in [2.24, 2.45) is 5.92 Å². The minimum Gasteiger partial charge on any atom is -0.319 e. The van der Waals surface area contributed by atoms with Crippen molar-refractivity contribution in [2.75, 3.05) is 13.6 Å². The fourth-order valence-electron chi connectivity index (χ4n) is 0.846. The molecule has 82 valence electrons. The van der Waals surface area contributed by atoms with E-state index in [-0.39, 0.29) is 0 Å². The molecule has 14 heavy (non-hydrogen) atoms. The van der Waals surface area contributed by atoms with Crippen LogP contribution in [-0.2, 0) is 0 Å². The summed E-state index contributed by atoms with van der Waals surface area (Å²) in [4.78, 5) is 0. The fraction of sp³-hybridized carbons (Fsp3) is 0.538. The molecule has 0 aliphatic carbocycles. The van der Waals surface area contributed by atoms with Crippen molar-refractivity contribution < 1.29 is 0 Å². The van der Waals surface area contributed by atoms with Crippen LogP contribution >= 0.6 is 0 Å². The van der Waals surface area contributed by atoms with Crippen LogP contribution in [0.15, 0.2) is 37.0 Å². The molecule has 0 aromatic carbocycles. The van der Waals surface area contributed by atoms with E-state index < -0.39 is 0 Å². The van der Waals surface area contributed by atoms with Crippen LogP contribution in [0.25, 0.3) is 0 Å². The molecular formula is C13H25N. The van der Waals surface area contributed by atoms with Crippen LogP contribution in [0.5, 0.6) is 0 Å². The highest BCUT2D eigenvalue weighted by molar-refractivity contribution is 5.00. The van der Waals surface area contributed by atoms with Gasteiger partial charge in [0.2, 0.25) is 0 Å². The van der Waals surface area contributed by atoms with Crippen molar-refractivity contribution in [2.45, 2.75) is 27.2 Å². The largest absolute Gasteiger partial charge is 0.319 e. The third kappa shape index (κ3) is 13.7. The maximum Gasteiger partial charge on any atom is 0.00112 e. The minimum absolute atomic E-state index is 0.656. The topological polar surface area (TPSA) is 12.0 Å². The van der Waals surface area contributed by atoms with Gasteiger partial charge >= 0.3 is 0 Å². The maximum atomic E-state index is 3.62. The first-order chi connectivity index (χ1) is 6.76. The average Bonchev–Trinajstić information content (AvgIpc) is 2.24. The van der Waals surface area contributed by atoms with Gasteiger partial charge in [0.25, 0.3) is 0 Å². The van der Waals surface area contributed by atoms with Gasteiger partial charge in [-0.1, -0.05) is 43.9 Å². The molecule has 0 aliphatic heterocycles. The van der Waals surface area contributed by atoms with Crippen LogP contribution in [0.4, 0.5) is 0 Å². The Labute approximate surface area is 89.6 Å². The summed E-state index contributed by atoms with van der Waals surface area (Å²) in [6.07, 6.45) is 11.2. The first-order valence-electron chi connectivity index (χ1n) is 5.27. The van der Waals surface area contributed by atoms with Crippen LogP contribution in [-0.4, -0.2) is 13.6 Å². The summed E-state index contributed by atoms with van der Waals surface area (Å²) >= 11 is 0. The number of nitrogens with one attached hydrogen (secondary N) is 1. The molecule has 0 amide bonds. The third-order valence-electron chi connectivity index (χ3n) is 1.84. The summed E-state index contributed by atoms with van der Waals surface area (Å²) in [5, 5.41) is 3.14. The smallest absolute Gasteiger partial charge is 0.00112 e. The van der Waals surface area contributed by atoms with Gasteiger partial charge < -0.3 is 5.32 Å². The summed E-state index contributed by atoms with van der Waals surface area (Å²) < 4.78 is 0. The fourth-order valence-corrected chi connectivity index (χ4v) is 0.846. The van der Waals surface area contributed by atoms with Crippen molar-refractivity contribution in [3.63, 3.8) is 0 Å². The zero-order valence-corrected chi connectivity index (χ0v) is 10.1. The molecule has 0 aliphatic rings. The lowest BCUT2D eigenvalue weighted by Gasteiger charge is -2.07. The van der Waals surface area contributed by atoms with Crippen LogP contribution in [0.2, 0.25) is 0 Å². The molecule has 1 nitrogen and oxygen atoms in total. The van der Waals surface area contributed by atoms with E-state index in [0.717, 1.165) is 6.54 Å². The Kier molecular flexibility index (Phi) is 16.4. The molecule has 1 atom stereocenters. The van der Waals surface area contributed by atoms with Gasteiger partial charge in [-0.25, -0.2) is 0 Å². The molecule has 0 aromatic heterocycles. The molecule has 1 unspecified atom stereocenters. The van der Waals surface area contributed by atoms with E-state index in [4.69, 9.17) is 0 Å². The van der Waals surface area contributed by atoms with Crippen LogP contribution < -0.4 is 5.32 Å². The molecule has 0 spiro atoms. The van der Waals surface area contributed by atoms with Gasteiger partial charge in [-0.2, -0.15) is 0 Å². The van der Waals surface area contributed by atoms with Gasteiger partial charge in [0.1, 0.15) is 0 Å². The summed E-state index contributed by atoms with van der Waals surface area (Å²) in [6, 6.07) is 0. The van der Waals surface area contributed by atoms with Gasteiger partial charge in [-0.05, 0) is 33.2 Å². The van der Waals surface area contributed by atoms with Gasteiger partial charge in [0.15, 0.2) is 0 Å². The second kappa shape index (κ2) is 14.7. The Balaban J connectivity index is 0. The third-order valence-corrected chi connectivity index (χ3v) is 1.84. The van der Waals surface area contributed by atoms with Gasteiger partial charge in [0.05, 0.1) is 0 Å². The summed E-state index contributed by atoms with van der Waals surface area (Å²) in [6.45, 7) is 10.9. The molecule has 0 rings (SSSR count). The van der Waals surface area contributed by atoms with Crippen molar-refractivity contribution in [1.82, 2.24) is 5.32 Å². The van der Waals surface area contributed by atoms with E-state index in [1.54, 1.807) is 0 Å². The maximum absolute atomic E-state index is 3.62. The molecule has 0 heterocycles. The van der Waals surface area contributed by atoms with Crippen LogP contribution in [0.1, 0.15) is 27.2 Å². The highest BCUT2D eigenvalue weighted by Gasteiger charge is 1.96. The molecule has 0 bridgehead atoms. The second-order valence-corrected chi connectivity index (χ2v) is 3.01. The minimum atomic E-state index is 0.656. The first-order valence-corrected chi connectivity index (χ1v) is 5.27. The average molecular weight is 195 g/mol. The lowest BCUT2D eigenvalue weighted by atomic mass is 10.1. The Hall–Kier alpha value is -0.820. The van der Waals surface area contributed by atoms with Crippen molar-refractivity contribution in [3.8, 4) is 0 Å². The molecular weight excluding hydrogens is 170 g/mol. The zero-order chi connectivity index (χ0) is 11.2. The van der Waals surface area contributed by atoms with Crippen molar-refractivity contribution >= 4 is 0 Å². The van der Waals surface area contributed by atoms with E-state index in [1.807, 2.05) is 45.2 Å². The summed E-state index contributed by atoms with van der Waals surface area (Å²) in [5.74, 6) is 0.656. The predicted octanol–water partition coefficient (Wildman–Crippen LogP) is 3.56. The molecule has 0 saturated heterocycles. The Bertz CT molecular complexity index is 153. The number of hydrogen-bond acceptors (Lipinski definition) is 1. The van der Waals surface area contributed by atoms with Crippen molar-refractivity contribution in [3.05, 3.63) is 37.0 Å². The first kappa shape index (κ1) is 15.6. The molecule has 0 radical (unpaired) electrons. The van der Waals surface area contributed by atoms with Gasteiger partial charge in [0, 0.05) is 6.54 Å². The zero-order valence-electron chi connectivity index (χ0n) is 10.1. The van der Waals surface area contributed by atoms with Gasteiger partial charge in [-0.15, -0.1) is 0 Å². The monoisotopic (exact) mass is 195 g/mol. The molecule has 1 heteroatoms.